The van der Waals surface area contributed by atoms with Crippen molar-refractivity contribution in [2.24, 2.45) is 5.92 Å². The van der Waals surface area contributed by atoms with Crippen LogP contribution in [0.1, 0.15) is 18.9 Å². The van der Waals surface area contributed by atoms with Gasteiger partial charge in [-0.2, -0.15) is 0 Å². The van der Waals surface area contributed by atoms with E-state index >= 15 is 0 Å². The maximum absolute atomic E-state index is 5.02. The van der Waals surface area contributed by atoms with Gasteiger partial charge in [-0.05, 0) is 29.9 Å². The highest BCUT2D eigenvalue weighted by atomic mass is 16.5. The van der Waals surface area contributed by atoms with Crippen LogP contribution in [0, 0.1) is 5.92 Å². The van der Waals surface area contributed by atoms with E-state index in [0.717, 1.165) is 25.6 Å². The number of ether oxygens (including phenoxy) is 1. The van der Waals surface area contributed by atoms with Crippen molar-refractivity contribution in [2.45, 2.75) is 18.8 Å². The topological polar surface area (TPSA) is 21.3 Å². The van der Waals surface area contributed by atoms with Crippen molar-refractivity contribution in [1.82, 2.24) is 5.32 Å². The van der Waals surface area contributed by atoms with Crippen molar-refractivity contribution < 1.29 is 4.74 Å². The number of hydrogen-bond acceptors (Lipinski definition) is 2. The van der Waals surface area contributed by atoms with Gasteiger partial charge in [-0.25, -0.2) is 0 Å². The average Bonchev–Trinajstić information content (AvgIpc) is 2.99. The molecule has 1 aromatic carbocycles. The summed E-state index contributed by atoms with van der Waals surface area (Å²) >= 11 is 0. The Morgan fingerprint density at radius 3 is 2.81 bits per heavy atom. The Balaban J connectivity index is 1.80. The zero-order valence-corrected chi connectivity index (χ0v) is 10.2. The zero-order valence-electron chi connectivity index (χ0n) is 10.2. The molecule has 0 saturated heterocycles. The normalized spacial score (nSPS) is 28.0. The van der Waals surface area contributed by atoms with Crippen LogP contribution in [0.5, 0.6) is 0 Å². The lowest BCUT2D eigenvalue weighted by molar-refractivity contribution is 0.199. The van der Waals surface area contributed by atoms with E-state index in [2.05, 4.69) is 42.6 Å². The molecule has 1 aliphatic rings. The second kappa shape index (κ2) is 4.98. The average molecular weight is 219 g/mol. The van der Waals surface area contributed by atoms with Crippen molar-refractivity contribution in [2.75, 3.05) is 26.8 Å². The monoisotopic (exact) mass is 219 g/mol. The van der Waals surface area contributed by atoms with E-state index in [1.54, 1.807) is 7.11 Å². The fraction of sp³-hybridized carbons (Fsp3) is 0.571. The molecule has 1 aromatic rings. The first kappa shape index (κ1) is 11.6. The highest BCUT2D eigenvalue weighted by molar-refractivity contribution is 5.32. The molecular formula is C14H21NO. The van der Waals surface area contributed by atoms with E-state index in [0.29, 0.717) is 5.41 Å². The Hall–Kier alpha value is -0.860. The molecule has 0 bridgehead atoms. The molecule has 2 rings (SSSR count). The van der Waals surface area contributed by atoms with E-state index in [-0.39, 0.29) is 0 Å². The standard InChI is InChI=1S/C14H21NO/c1-14(12-6-4-3-5-7-12)10-13(14)11-15-8-9-16-2/h3-7,13,15H,8-11H2,1-2H3. The van der Waals surface area contributed by atoms with Gasteiger partial charge in [0, 0.05) is 13.7 Å². The van der Waals surface area contributed by atoms with Gasteiger partial charge < -0.3 is 10.1 Å². The van der Waals surface area contributed by atoms with Crippen LogP contribution in [0.2, 0.25) is 0 Å². The second-order valence-electron chi connectivity index (χ2n) is 4.88. The first-order valence-electron chi connectivity index (χ1n) is 6.02. The molecule has 2 heteroatoms. The van der Waals surface area contributed by atoms with Gasteiger partial charge in [0.1, 0.15) is 0 Å². The summed E-state index contributed by atoms with van der Waals surface area (Å²) < 4.78 is 5.02. The summed E-state index contributed by atoms with van der Waals surface area (Å²) in [6.45, 7) is 5.23. The predicted octanol–water partition coefficient (Wildman–Crippen LogP) is 2.20. The van der Waals surface area contributed by atoms with E-state index in [1.807, 2.05) is 0 Å². The Labute approximate surface area is 98.0 Å². The number of hydrogen-bond donors (Lipinski definition) is 1. The summed E-state index contributed by atoms with van der Waals surface area (Å²) in [6.07, 6.45) is 1.30. The molecule has 0 spiro atoms. The first-order chi connectivity index (χ1) is 7.77. The van der Waals surface area contributed by atoms with Crippen LogP contribution in [0.3, 0.4) is 0 Å². The van der Waals surface area contributed by atoms with E-state index in [9.17, 15) is 0 Å². The second-order valence-corrected chi connectivity index (χ2v) is 4.88. The summed E-state index contributed by atoms with van der Waals surface area (Å²) in [7, 11) is 1.74. The van der Waals surface area contributed by atoms with Crippen LogP contribution in [0.25, 0.3) is 0 Å². The van der Waals surface area contributed by atoms with Crippen LogP contribution in [-0.4, -0.2) is 26.8 Å². The van der Waals surface area contributed by atoms with E-state index in [4.69, 9.17) is 4.74 Å². The predicted molar refractivity (Wildman–Crippen MR) is 66.6 cm³/mol. The summed E-state index contributed by atoms with van der Waals surface area (Å²) in [5, 5.41) is 3.45. The van der Waals surface area contributed by atoms with Gasteiger partial charge in [0.25, 0.3) is 0 Å². The third-order valence-electron chi connectivity index (χ3n) is 3.72. The molecular weight excluding hydrogens is 198 g/mol. The maximum Gasteiger partial charge on any atom is 0.0587 e. The zero-order chi connectivity index (χ0) is 11.4. The van der Waals surface area contributed by atoms with E-state index < -0.39 is 0 Å². The number of rotatable bonds is 6. The Bertz CT molecular complexity index is 325. The third kappa shape index (κ3) is 2.45. The van der Waals surface area contributed by atoms with Crippen LogP contribution in [0.15, 0.2) is 30.3 Å². The van der Waals surface area contributed by atoms with Crippen LogP contribution >= 0.6 is 0 Å². The molecule has 0 aromatic heterocycles. The van der Waals surface area contributed by atoms with Crippen molar-refractivity contribution in [3.8, 4) is 0 Å². The Morgan fingerprint density at radius 1 is 1.38 bits per heavy atom. The molecule has 0 radical (unpaired) electrons. The number of methoxy groups -OCH3 is 1. The summed E-state index contributed by atoms with van der Waals surface area (Å²) in [5.74, 6) is 0.784. The molecule has 1 fully saturated rings. The molecule has 16 heavy (non-hydrogen) atoms. The molecule has 2 atom stereocenters. The van der Waals surface area contributed by atoms with Crippen LogP contribution < -0.4 is 5.32 Å². The minimum atomic E-state index is 0.404. The quantitative estimate of drug-likeness (QED) is 0.741. The van der Waals surface area contributed by atoms with Crippen molar-refractivity contribution in [1.29, 1.82) is 0 Å². The lowest BCUT2D eigenvalue weighted by atomic mass is 9.95. The lowest BCUT2D eigenvalue weighted by Gasteiger charge is -2.12. The smallest absolute Gasteiger partial charge is 0.0587 e. The molecule has 2 nitrogen and oxygen atoms in total. The highest BCUT2D eigenvalue weighted by Crippen LogP contribution is 2.53. The summed E-state index contributed by atoms with van der Waals surface area (Å²) in [5.41, 5.74) is 1.88. The summed E-state index contributed by atoms with van der Waals surface area (Å²) in [6, 6.07) is 10.8. The fourth-order valence-electron chi connectivity index (χ4n) is 2.37. The summed E-state index contributed by atoms with van der Waals surface area (Å²) in [4.78, 5) is 0. The molecule has 1 saturated carbocycles. The molecule has 1 aliphatic carbocycles. The molecule has 1 N–H and O–H groups in total. The van der Waals surface area contributed by atoms with Gasteiger partial charge in [0.05, 0.1) is 6.61 Å². The molecule has 88 valence electrons. The third-order valence-corrected chi connectivity index (χ3v) is 3.72. The maximum atomic E-state index is 5.02. The van der Waals surface area contributed by atoms with Crippen molar-refractivity contribution >= 4 is 0 Å². The van der Waals surface area contributed by atoms with Gasteiger partial charge in [0.15, 0.2) is 0 Å². The molecule has 0 aliphatic heterocycles. The van der Waals surface area contributed by atoms with Crippen LogP contribution in [-0.2, 0) is 10.2 Å². The highest BCUT2D eigenvalue weighted by Gasteiger charge is 2.50. The first-order valence-corrected chi connectivity index (χ1v) is 6.02. The minimum Gasteiger partial charge on any atom is -0.383 e. The minimum absolute atomic E-state index is 0.404. The van der Waals surface area contributed by atoms with Gasteiger partial charge in [-0.15, -0.1) is 0 Å². The Kier molecular flexibility index (Phi) is 3.62. The van der Waals surface area contributed by atoms with Crippen LogP contribution in [0.4, 0.5) is 0 Å². The van der Waals surface area contributed by atoms with Crippen molar-refractivity contribution in [3.63, 3.8) is 0 Å². The lowest BCUT2D eigenvalue weighted by Crippen LogP contribution is -2.23. The number of benzene rings is 1. The molecule has 0 amide bonds. The van der Waals surface area contributed by atoms with Gasteiger partial charge >= 0.3 is 0 Å². The van der Waals surface area contributed by atoms with Gasteiger partial charge in [-0.3, -0.25) is 0 Å². The SMILES string of the molecule is COCCNCC1CC1(C)c1ccccc1. The molecule has 2 unspecified atom stereocenters. The Morgan fingerprint density at radius 2 is 2.12 bits per heavy atom. The fourth-order valence-corrected chi connectivity index (χ4v) is 2.37. The van der Waals surface area contributed by atoms with E-state index in [1.165, 1.54) is 12.0 Å². The number of nitrogens with one attached hydrogen (secondary N) is 1. The largest absolute Gasteiger partial charge is 0.383 e. The molecule has 0 heterocycles. The van der Waals surface area contributed by atoms with Crippen molar-refractivity contribution in [3.05, 3.63) is 35.9 Å². The van der Waals surface area contributed by atoms with Gasteiger partial charge in [0.2, 0.25) is 0 Å². The van der Waals surface area contributed by atoms with Gasteiger partial charge in [-0.1, -0.05) is 37.3 Å².